The summed E-state index contributed by atoms with van der Waals surface area (Å²) < 4.78 is 0. The lowest BCUT2D eigenvalue weighted by atomic mass is 9.87. The van der Waals surface area contributed by atoms with E-state index >= 15 is 0 Å². The number of H-pyrrole nitrogens is 1. The van der Waals surface area contributed by atoms with E-state index in [1.165, 1.54) is 19.3 Å². The van der Waals surface area contributed by atoms with Crippen LogP contribution in [0.15, 0.2) is 0 Å². The Morgan fingerprint density at radius 2 is 2.09 bits per heavy atom. The Morgan fingerprint density at radius 1 is 1.32 bits per heavy atom. The van der Waals surface area contributed by atoms with Gasteiger partial charge in [-0.25, -0.2) is 4.98 Å². The first-order valence-corrected chi connectivity index (χ1v) is 8.64. The number of fused-ring (bicyclic) bond motifs is 1. The summed E-state index contributed by atoms with van der Waals surface area (Å²) in [4.78, 5) is 22.8. The van der Waals surface area contributed by atoms with Gasteiger partial charge in [-0.05, 0) is 32.6 Å². The summed E-state index contributed by atoms with van der Waals surface area (Å²) in [5.74, 6) is 1.22. The van der Waals surface area contributed by atoms with Crippen LogP contribution in [0.1, 0.15) is 55.7 Å². The molecule has 1 aromatic rings. The Balaban J connectivity index is 1.70. The van der Waals surface area contributed by atoms with Crippen molar-refractivity contribution < 1.29 is 9.90 Å². The van der Waals surface area contributed by atoms with Crippen LogP contribution in [0.2, 0.25) is 0 Å². The molecule has 1 atom stereocenters. The highest BCUT2D eigenvalue weighted by Crippen LogP contribution is 2.29. The topological polar surface area (TPSA) is 69.2 Å². The molecule has 1 aromatic heterocycles. The molecule has 22 heavy (non-hydrogen) atoms. The van der Waals surface area contributed by atoms with Gasteiger partial charge >= 0.3 is 0 Å². The van der Waals surface area contributed by atoms with E-state index in [9.17, 15) is 9.90 Å². The summed E-state index contributed by atoms with van der Waals surface area (Å²) in [7, 11) is 0. The summed E-state index contributed by atoms with van der Waals surface area (Å²) in [5.41, 5.74) is 2.27. The maximum atomic E-state index is 13.0. The van der Waals surface area contributed by atoms with Gasteiger partial charge in [-0.15, -0.1) is 0 Å². The number of hydrogen-bond donors (Lipinski definition) is 2. The van der Waals surface area contributed by atoms with Crippen LogP contribution in [0.25, 0.3) is 0 Å². The molecule has 3 rings (SSSR count). The lowest BCUT2D eigenvalue weighted by Gasteiger charge is -2.37. The summed E-state index contributed by atoms with van der Waals surface area (Å²) in [6.07, 6.45) is 8.39. The minimum atomic E-state index is 0.0424. The first-order chi connectivity index (χ1) is 10.7. The third kappa shape index (κ3) is 3.19. The monoisotopic (exact) mass is 305 g/mol. The molecule has 0 bridgehead atoms. The quantitative estimate of drug-likeness (QED) is 0.893. The summed E-state index contributed by atoms with van der Waals surface area (Å²) >= 11 is 0. The molecule has 2 aliphatic rings. The van der Waals surface area contributed by atoms with Crippen molar-refractivity contribution in [3.05, 3.63) is 17.2 Å². The number of aromatic amines is 1. The van der Waals surface area contributed by atoms with Crippen molar-refractivity contribution in [1.29, 1.82) is 0 Å². The molecule has 0 radical (unpaired) electrons. The van der Waals surface area contributed by atoms with Crippen LogP contribution < -0.4 is 0 Å². The number of aliphatic hydroxyl groups excluding tert-OH is 1. The molecule has 1 fully saturated rings. The molecule has 0 spiro atoms. The van der Waals surface area contributed by atoms with Gasteiger partial charge in [-0.2, -0.15) is 0 Å². The number of carbonyl (C=O) groups excluding carboxylic acids is 1. The average molecular weight is 305 g/mol. The third-order valence-corrected chi connectivity index (χ3v) is 5.15. The molecule has 122 valence electrons. The third-order valence-electron chi connectivity index (χ3n) is 5.15. The number of aliphatic hydroxyl groups is 1. The zero-order valence-corrected chi connectivity index (χ0v) is 13.5. The van der Waals surface area contributed by atoms with Gasteiger partial charge in [0.15, 0.2) is 0 Å². The molecule has 5 nitrogen and oxygen atoms in total. The van der Waals surface area contributed by atoms with Crippen molar-refractivity contribution in [1.82, 2.24) is 14.9 Å². The van der Waals surface area contributed by atoms with Gasteiger partial charge < -0.3 is 15.0 Å². The molecule has 1 unspecified atom stereocenters. The van der Waals surface area contributed by atoms with Crippen molar-refractivity contribution >= 4 is 5.91 Å². The van der Waals surface area contributed by atoms with Gasteiger partial charge in [0.05, 0.1) is 12.3 Å². The van der Waals surface area contributed by atoms with Crippen molar-refractivity contribution in [2.75, 3.05) is 13.2 Å². The smallest absolute Gasteiger partial charge is 0.226 e. The standard InChI is InChI=1S/C17H27N3O2/c1-12-18-15-8-7-13(11-16(15)19-12)17(22)20(9-10-21)14-5-3-2-4-6-14/h13-14,21H,2-11H2,1H3,(H,18,19). The first-order valence-electron chi connectivity index (χ1n) is 8.64. The van der Waals surface area contributed by atoms with E-state index in [1.54, 1.807) is 0 Å². The number of aromatic nitrogens is 2. The van der Waals surface area contributed by atoms with Gasteiger partial charge in [-0.3, -0.25) is 4.79 Å². The number of amides is 1. The molecular weight excluding hydrogens is 278 g/mol. The van der Waals surface area contributed by atoms with E-state index in [0.29, 0.717) is 12.6 Å². The van der Waals surface area contributed by atoms with Gasteiger partial charge in [0.2, 0.25) is 5.91 Å². The number of nitrogens with one attached hydrogen (secondary N) is 1. The lowest BCUT2D eigenvalue weighted by Crippen LogP contribution is -2.47. The first kappa shape index (κ1) is 15.5. The summed E-state index contributed by atoms with van der Waals surface area (Å²) in [6.45, 7) is 2.51. The highest BCUT2D eigenvalue weighted by atomic mass is 16.3. The molecule has 1 heterocycles. The Hall–Kier alpha value is -1.36. The molecule has 1 amide bonds. The van der Waals surface area contributed by atoms with Crippen LogP contribution >= 0.6 is 0 Å². The van der Waals surface area contributed by atoms with E-state index in [1.807, 2.05) is 11.8 Å². The molecule has 0 aliphatic heterocycles. The Morgan fingerprint density at radius 3 is 2.82 bits per heavy atom. The molecule has 2 aliphatic carbocycles. The summed E-state index contributed by atoms with van der Waals surface area (Å²) in [5, 5.41) is 9.37. The van der Waals surface area contributed by atoms with Gasteiger partial charge in [0, 0.05) is 30.6 Å². The van der Waals surface area contributed by atoms with Gasteiger partial charge in [-0.1, -0.05) is 19.3 Å². The fourth-order valence-corrected chi connectivity index (χ4v) is 4.04. The number of carbonyl (C=O) groups is 1. The van der Waals surface area contributed by atoms with Crippen LogP contribution in [-0.4, -0.2) is 45.1 Å². The van der Waals surface area contributed by atoms with Crippen molar-refractivity contribution in [3.63, 3.8) is 0 Å². The van der Waals surface area contributed by atoms with Crippen molar-refractivity contribution in [2.24, 2.45) is 5.92 Å². The minimum absolute atomic E-state index is 0.0424. The van der Waals surface area contributed by atoms with Gasteiger partial charge in [0.1, 0.15) is 5.82 Å². The van der Waals surface area contributed by atoms with Crippen LogP contribution in [0.4, 0.5) is 0 Å². The minimum Gasteiger partial charge on any atom is -0.395 e. The average Bonchev–Trinajstić information content (AvgIpc) is 2.92. The zero-order valence-electron chi connectivity index (χ0n) is 13.5. The molecule has 2 N–H and O–H groups in total. The normalized spacial score (nSPS) is 22.4. The number of imidazole rings is 1. The predicted octanol–water partition coefficient (Wildman–Crippen LogP) is 1.98. The van der Waals surface area contributed by atoms with Crippen LogP contribution in [-0.2, 0) is 17.6 Å². The predicted molar refractivity (Wildman–Crippen MR) is 84.5 cm³/mol. The van der Waals surface area contributed by atoms with E-state index in [-0.39, 0.29) is 18.4 Å². The zero-order chi connectivity index (χ0) is 15.5. The van der Waals surface area contributed by atoms with Crippen LogP contribution in [0.3, 0.4) is 0 Å². The number of aryl methyl sites for hydroxylation is 2. The van der Waals surface area contributed by atoms with E-state index in [2.05, 4.69) is 9.97 Å². The Labute approximate surface area is 132 Å². The Kier molecular flexibility index (Phi) is 4.81. The highest BCUT2D eigenvalue weighted by molar-refractivity contribution is 5.79. The number of nitrogens with zero attached hydrogens (tertiary/aromatic N) is 2. The molecule has 5 heteroatoms. The van der Waals surface area contributed by atoms with E-state index in [4.69, 9.17) is 0 Å². The molecular formula is C17H27N3O2. The SMILES string of the molecule is Cc1nc2c([nH]1)CC(C(=O)N(CCO)C1CCCCC1)CC2. The van der Waals surface area contributed by atoms with E-state index < -0.39 is 0 Å². The van der Waals surface area contributed by atoms with Crippen molar-refractivity contribution in [2.45, 2.75) is 64.3 Å². The van der Waals surface area contributed by atoms with Crippen LogP contribution in [0.5, 0.6) is 0 Å². The maximum absolute atomic E-state index is 13.0. The highest BCUT2D eigenvalue weighted by Gasteiger charge is 2.33. The largest absolute Gasteiger partial charge is 0.395 e. The van der Waals surface area contributed by atoms with Gasteiger partial charge in [0.25, 0.3) is 0 Å². The van der Waals surface area contributed by atoms with Crippen LogP contribution in [0, 0.1) is 12.8 Å². The van der Waals surface area contributed by atoms with E-state index in [0.717, 1.165) is 49.3 Å². The fraction of sp³-hybridized carbons (Fsp3) is 0.765. The number of rotatable bonds is 4. The van der Waals surface area contributed by atoms with Crippen molar-refractivity contribution in [3.8, 4) is 0 Å². The lowest BCUT2D eigenvalue weighted by molar-refractivity contribution is -0.139. The molecule has 0 saturated heterocycles. The summed E-state index contributed by atoms with van der Waals surface area (Å²) in [6, 6.07) is 0.332. The molecule has 0 aromatic carbocycles. The fourth-order valence-electron chi connectivity index (χ4n) is 4.04. The number of hydrogen-bond acceptors (Lipinski definition) is 3. The maximum Gasteiger partial charge on any atom is 0.226 e. The second-order valence-electron chi connectivity index (χ2n) is 6.73. The Bertz CT molecular complexity index is 520. The second kappa shape index (κ2) is 6.82. The molecule has 1 saturated carbocycles. The second-order valence-corrected chi connectivity index (χ2v) is 6.73.